The molecular weight excluding hydrogens is 220 g/mol. The molecule has 0 spiro atoms. The minimum absolute atomic E-state index is 0. The molecule has 7 heteroatoms. The van der Waals surface area contributed by atoms with E-state index >= 15 is 0 Å². The zero-order valence-electron chi connectivity index (χ0n) is 3.03. The Hall–Kier alpha value is 2.45. The largest absolute Gasteiger partial charge is 0.187 e. The maximum atomic E-state index is 7.71. The molecule has 0 aromatic heterocycles. The molecule has 0 heterocycles. The molecule has 0 aliphatic heterocycles. The molecule has 0 aliphatic rings. The molecular formula is H5AlBO3ScY. The maximum absolute atomic E-state index is 7.71. The minimum Gasteiger partial charge on any atom is 0 e. The van der Waals surface area contributed by atoms with Gasteiger partial charge in [-0.25, -0.2) is 0 Å². The second-order valence-corrected chi connectivity index (χ2v) is 0.887. The van der Waals surface area contributed by atoms with Gasteiger partial charge in [0, 0.05) is 32.7 Å². The van der Waals surface area contributed by atoms with Gasteiger partial charge in [0.05, 0.1) is 0 Å². The van der Waals surface area contributed by atoms with Gasteiger partial charge in [-0.3, -0.25) is 0 Å². The molecule has 3 nitrogen and oxygen atoms in total. The van der Waals surface area contributed by atoms with Crippen LogP contribution >= 0.6 is 0 Å². The van der Waals surface area contributed by atoms with Gasteiger partial charge in [0.25, 0.3) is 0 Å². The number of hydrogen-bond acceptors (Lipinski definition) is 3. The van der Waals surface area contributed by atoms with Crippen LogP contribution in [0.3, 0.4) is 0 Å². The predicted molar refractivity (Wildman–Crippen MR) is 21.2 cm³/mol. The zero-order chi connectivity index (χ0) is 4.28. The Kier molecular flexibility index (Phi) is 26.1. The Morgan fingerprint density at radius 1 is 1.43 bits per heavy atom. The summed E-state index contributed by atoms with van der Waals surface area (Å²) < 4.78 is 3.92. The Morgan fingerprint density at radius 3 is 1.57 bits per heavy atom. The van der Waals surface area contributed by atoms with Gasteiger partial charge >= 0.3 is 45.0 Å². The van der Waals surface area contributed by atoms with Gasteiger partial charge in [0.2, 0.25) is 0 Å². The molecule has 0 aliphatic carbocycles. The van der Waals surface area contributed by atoms with Crippen molar-refractivity contribution < 1.29 is 70.3 Å². The molecule has 0 atom stereocenters. The van der Waals surface area contributed by atoms with Gasteiger partial charge in [-0.2, -0.15) is 0 Å². The van der Waals surface area contributed by atoms with Crippen LogP contribution in [0.25, 0.3) is 0 Å². The first-order valence-electron chi connectivity index (χ1n) is 0.988. The summed E-state index contributed by atoms with van der Waals surface area (Å²) in [6.07, 6.45) is 0. The molecule has 0 saturated heterocycles. The summed E-state index contributed by atoms with van der Waals surface area (Å²) in [5.74, 6) is 0. The molecule has 0 bridgehead atoms. The first-order valence-corrected chi connectivity index (χ1v) is 1.72. The van der Waals surface area contributed by atoms with Gasteiger partial charge in [0.15, 0.2) is 17.4 Å². The molecule has 0 saturated carbocycles. The summed E-state index contributed by atoms with van der Waals surface area (Å²) in [5, 5.41) is 15.4. The van der Waals surface area contributed by atoms with E-state index in [0.29, 0.717) is 0 Å². The van der Waals surface area contributed by atoms with Gasteiger partial charge in [-0.1, -0.05) is 0 Å². The van der Waals surface area contributed by atoms with Crippen LogP contribution in [0.4, 0.5) is 0 Å². The standard InChI is InChI=1S/Al.BH2O3.Sc.Y.3H/c;2-1(3)4;;;;;/h;2-3H;;;;;/q;-1;+1;;;;. The van der Waals surface area contributed by atoms with Crippen molar-refractivity contribution in [3.8, 4) is 0 Å². The van der Waals surface area contributed by atoms with E-state index in [1.165, 1.54) is 0 Å². The van der Waals surface area contributed by atoms with E-state index in [1.54, 1.807) is 0 Å². The third-order valence-corrected chi connectivity index (χ3v) is 0.502. The van der Waals surface area contributed by atoms with Gasteiger partial charge in [-0.15, -0.1) is 0 Å². The molecule has 0 unspecified atom stereocenters. The van der Waals surface area contributed by atoms with Crippen LogP contribution in [0, 0.1) is 0 Å². The average molecular weight is 225 g/mol. The second kappa shape index (κ2) is 11.3. The fourth-order valence-electron chi connectivity index (χ4n) is 0. The van der Waals surface area contributed by atoms with Crippen molar-refractivity contribution in [3.63, 3.8) is 0 Å². The summed E-state index contributed by atoms with van der Waals surface area (Å²) >= 11 is 0.828. The molecule has 35 valence electrons. The second-order valence-electron chi connectivity index (χ2n) is 0.462. The number of rotatable bonds is 1. The van der Waals surface area contributed by atoms with Crippen molar-refractivity contribution in [2.75, 3.05) is 0 Å². The van der Waals surface area contributed by atoms with E-state index in [9.17, 15) is 0 Å². The Labute approximate surface area is 93.6 Å². The topological polar surface area (TPSA) is 49.7 Å². The van der Waals surface area contributed by atoms with Crippen molar-refractivity contribution in [2.24, 2.45) is 0 Å². The predicted octanol–water partition coefficient (Wildman–Crippen LogP) is -2.75. The molecule has 0 aromatic carbocycles. The van der Waals surface area contributed by atoms with Crippen molar-refractivity contribution in [1.82, 2.24) is 0 Å². The normalized spacial score (nSPS) is 5.29. The van der Waals surface area contributed by atoms with Crippen LogP contribution in [0.1, 0.15) is 0 Å². The molecule has 7 heavy (non-hydrogen) atoms. The fourth-order valence-corrected chi connectivity index (χ4v) is 0. The van der Waals surface area contributed by atoms with E-state index in [0.717, 1.165) is 24.8 Å². The van der Waals surface area contributed by atoms with Gasteiger partial charge in [0.1, 0.15) is 0 Å². The SMILES string of the molecule is OB(O)[O][Sc].[AlH3].[Y]. The Bertz CT molecular complexity index is 28.9. The average Bonchev–Trinajstić information content (AvgIpc) is 1.38. The molecule has 0 rings (SSSR count). The molecule has 0 aromatic rings. The van der Waals surface area contributed by atoms with Crippen LogP contribution in [0.5, 0.6) is 0 Å². The molecule has 2 N–H and O–H groups in total. The first-order chi connectivity index (χ1) is 2.27. The van der Waals surface area contributed by atoms with Crippen LogP contribution in [-0.2, 0) is 60.3 Å². The summed E-state index contributed by atoms with van der Waals surface area (Å²) in [6.45, 7) is 0. The van der Waals surface area contributed by atoms with Crippen molar-refractivity contribution in [1.29, 1.82) is 0 Å². The summed E-state index contributed by atoms with van der Waals surface area (Å²) in [7, 11) is -1.59. The summed E-state index contributed by atoms with van der Waals surface area (Å²) in [4.78, 5) is 0. The Morgan fingerprint density at radius 2 is 1.57 bits per heavy atom. The van der Waals surface area contributed by atoms with Crippen LogP contribution in [0.15, 0.2) is 0 Å². The van der Waals surface area contributed by atoms with E-state index in [4.69, 9.17) is 10.0 Å². The minimum atomic E-state index is -1.59. The Balaban J connectivity index is -0.0000000800. The third-order valence-electron chi connectivity index (χ3n) is 0.122. The summed E-state index contributed by atoms with van der Waals surface area (Å²) in [6, 6.07) is 0. The van der Waals surface area contributed by atoms with Crippen molar-refractivity contribution >= 4 is 24.7 Å². The summed E-state index contributed by atoms with van der Waals surface area (Å²) in [5.41, 5.74) is 0. The van der Waals surface area contributed by atoms with Crippen LogP contribution in [0.2, 0.25) is 0 Å². The monoisotopic (exact) mass is 225 g/mol. The third kappa shape index (κ3) is 17.8. The smallest absolute Gasteiger partial charge is 0 e. The first kappa shape index (κ1) is 16.2. The van der Waals surface area contributed by atoms with Gasteiger partial charge in [-0.05, 0) is 0 Å². The van der Waals surface area contributed by atoms with E-state index in [-0.39, 0.29) is 50.1 Å². The molecule has 0 amide bonds. The quantitative estimate of drug-likeness (QED) is 0.475. The van der Waals surface area contributed by atoms with Crippen molar-refractivity contribution in [2.45, 2.75) is 0 Å². The fraction of sp³-hybridized carbons (Fsp3) is 0. The van der Waals surface area contributed by atoms with Crippen LogP contribution in [-0.4, -0.2) is 34.7 Å². The van der Waals surface area contributed by atoms with E-state index in [1.807, 2.05) is 0 Å². The van der Waals surface area contributed by atoms with E-state index in [2.05, 4.69) is 2.77 Å². The van der Waals surface area contributed by atoms with Crippen LogP contribution < -0.4 is 0 Å². The van der Waals surface area contributed by atoms with Crippen molar-refractivity contribution in [3.05, 3.63) is 0 Å². The number of hydrogen-bond donors (Lipinski definition) is 2. The zero-order valence-corrected chi connectivity index (χ0v) is 7.68. The molecule has 0 fully saturated rings. The maximum Gasteiger partial charge on any atom is 0.187 e. The van der Waals surface area contributed by atoms with Gasteiger partial charge < -0.3 is 0 Å². The molecule has 1 radical (unpaired) electrons. The van der Waals surface area contributed by atoms with E-state index < -0.39 is 7.32 Å².